The van der Waals surface area contributed by atoms with Gasteiger partial charge in [0.2, 0.25) is 0 Å². The van der Waals surface area contributed by atoms with Gasteiger partial charge in [0, 0.05) is 5.75 Å². The standard InChI is InChI=1S/C10H11IO3S/c1-13-10(12)8-3-2-4-9(7-8)14-5-6-15-11/h2-4,7H,5-6H2,1H3. The van der Waals surface area contributed by atoms with Crippen molar-refractivity contribution in [3.63, 3.8) is 0 Å². The van der Waals surface area contributed by atoms with Gasteiger partial charge in [-0.2, -0.15) is 0 Å². The summed E-state index contributed by atoms with van der Waals surface area (Å²) < 4.78 is 10.1. The molecule has 3 nitrogen and oxygen atoms in total. The Morgan fingerprint density at radius 2 is 2.33 bits per heavy atom. The van der Waals surface area contributed by atoms with Crippen molar-refractivity contribution in [3.05, 3.63) is 29.8 Å². The van der Waals surface area contributed by atoms with Gasteiger partial charge in [-0.15, -0.1) is 0 Å². The van der Waals surface area contributed by atoms with Gasteiger partial charge in [0.1, 0.15) is 5.75 Å². The molecule has 0 heterocycles. The second-order valence-electron chi connectivity index (χ2n) is 2.68. The summed E-state index contributed by atoms with van der Waals surface area (Å²) >= 11 is 2.22. The summed E-state index contributed by atoms with van der Waals surface area (Å²) in [4.78, 5) is 11.2. The third-order valence-electron chi connectivity index (χ3n) is 1.68. The summed E-state index contributed by atoms with van der Waals surface area (Å²) in [5.41, 5.74) is 0.511. The maximum atomic E-state index is 11.2. The zero-order valence-electron chi connectivity index (χ0n) is 8.23. The molecule has 0 radical (unpaired) electrons. The molecule has 0 unspecified atom stereocenters. The van der Waals surface area contributed by atoms with Crippen molar-refractivity contribution >= 4 is 36.1 Å². The highest BCUT2D eigenvalue weighted by Gasteiger charge is 2.05. The van der Waals surface area contributed by atoms with Crippen molar-refractivity contribution in [2.24, 2.45) is 0 Å². The van der Waals surface area contributed by atoms with Crippen LogP contribution in [0.25, 0.3) is 0 Å². The number of ether oxygens (including phenoxy) is 2. The molecule has 0 aliphatic rings. The Kier molecular flexibility index (Phi) is 5.85. The summed E-state index contributed by atoms with van der Waals surface area (Å²) in [5, 5.41) is 0. The third-order valence-corrected chi connectivity index (χ3v) is 3.33. The van der Waals surface area contributed by atoms with Gasteiger partial charge in [-0.05, 0) is 39.4 Å². The fourth-order valence-corrected chi connectivity index (χ4v) is 1.71. The van der Waals surface area contributed by atoms with Crippen LogP contribution in [0.1, 0.15) is 10.4 Å². The van der Waals surface area contributed by atoms with Crippen molar-refractivity contribution in [1.29, 1.82) is 0 Å². The van der Waals surface area contributed by atoms with Crippen LogP contribution in [0.15, 0.2) is 24.3 Å². The quantitative estimate of drug-likeness (QED) is 0.470. The molecule has 1 aromatic carbocycles. The fourth-order valence-electron chi connectivity index (χ4n) is 1.02. The third kappa shape index (κ3) is 4.29. The highest BCUT2D eigenvalue weighted by atomic mass is 127. The van der Waals surface area contributed by atoms with Gasteiger partial charge < -0.3 is 9.47 Å². The molecule has 0 N–H and O–H groups in total. The van der Waals surface area contributed by atoms with Gasteiger partial charge in [-0.25, -0.2) is 4.79 Å². The molecular formula is C10H11IO3S. The molecule has 0 spiro atoms. The predicted molar refractivity (Wildman–Crippen MR) is 69.8 cm³/mol. The minimum absolute atomic E-state index is 0.344. The van der Waals surface area contributed by atoms with E-state index in [1.54, 1.807) is 27.1 Å². The number of halogens is 1. The fraction of sp³-hybridized carbons (Fsp3) is 0.300. The van der Waals surface area contributed by atoms with Gasteiger partial charge >= 0.3 is 5.97 Å². The first-order valence-electron chi connectivity index (χ1n) is 4.32. The molecule has 1 aromatic rings. The van der Waals surface area contributed by atoms with Gasteiger partial charge in [-0.3, -0.25) is 0 Å². The summed E-state index contributed by atoms with van der Waals surface area (Å²) in [6.07, 6.45) is 0. The molecule has 0 bridgehead atoms. The van der Waals surface area contributed by atoms with Gasteiger partial charge in [0.25, 0.3) is 0 Å². The summed E-state index contributed by atoms with van der Waals surface area (Å²) in [7, 11) is 3.05. The van der Waals surface area contributed by atoms with Crippen LogP contribution in [0.3, 0.4) is 0 Å². The highest BCUT2D eigenvalue weighted by Crippen LogP contribution is 2.15. The normalized spacial score (nSPS) is 9.73. The predicted octanol–water partition coefficient (Wildman–Crippen LogP) is 2.94. The first-order valence-corrected chi connectivity index (χ1v) is 7.85. The first-order chi connectivity index (χ1) is 7.27. The van der Waals surface area contributed by atoms with E-state index in [9.17, 15) is 4.79 Å². The lowest BCUT2D eigenvalue weighted by Crippen LogP contribution is -2.03. The van der Waals surface area contributed by atoms with E-state index in [0.29, 0.717) is 17.9 Å². The Balaban J connectivity index is 2.62. The smallest absolute Gasteiger partial charge is 0.337 e. The highest BCUT2D eigenvalue weighted by molar-refractivity contribution is 14.2. The first kappa shape index (κ1) is 12.6. The minimum Gasteiger partial charge on any atom is -0.493 e. The molecule has 0 saturated carbocycles. The number of hydrogen-bond acceptors (Lipinski definition) is 4. The average Bonchev–Trinajstić information content (AvgIpc) is 2.29. The van der Waals surface area contributed by atoms with Crippen LogP contribution in [-0.4, -0.2) is 25.4 Å². The Hall–Kier alpha value is -0.430. The maximum absolute atomic E-state index is 11.2. The van der Waals surface area contributed by atoms with Crippen LogP contribution in [0.5, 0.6) is 5.75 Å². The van der Waals surface area contributed by atoms with E-state index in [-0.39, 0.29) is 5.97 Å². The number of hydrogen-bond donors (Lipinski definition) is 0. The number of benzene rings is 1. The Labute approximate surface area is 105 Å². The van der Waals surface area contributed by atoms with Crippen molar-refractivity contribution in [3.8, 4) is 5.75 Å². The number of methoxy groups -OCH3 is 1. The summed E-state index contributed by atoms with van der Waals surface area (Å²) in [5.74, 6) is 1.27. The van der Waals surface area contributed by atoms with Crippen molar-refractivity contribution in [1.82, 2.24) is 0 Å². The molecule has 0 aliphatic heterocycles. The van der Waals surface area contributed by atoms with Crippen LogP contribution in [0.2, 0.25) is 0 Å². The van der Waals surface area contributed by atoms with Crippen LogP contribution in [0.4, 0.5) is 0 Å². The zero-order chi connectivity index (χ0) is 11.1. The van der Waals surface area contributed by atoms with E-state index in [4.69, 9.17) is 4.74 Å². The van der Waals surface area contributed by atoms with Crippen LogP contribution in [-0.2, 0) is 4.74 Å². The van der Waals surface area contributed by atoms with E-state index in [1.807, 2.05) is 6.07 Å². The minimum atomic E-state index is -0.344. The Morgan fingerprint density at radius 1 is 1.53 bits per heavy atom. The summed E-state index contributed by atoms with van der Waals surface area (Å²) in [6, 6.07) is 6.98. The molecule has 5 heteroatoms. The number of rotatable bonds is 5. The monoisotopic (exact) mass is 338 g/mol. The van der Waals surface area contributed by atoms with Crippen molar-refractivity contribution < 1.29 is 14.3 Å². The Bertz CT molecular complexity index is 330. The van der Waals surface area contributed by atoms with E-state index >= 15 is 0 Å². The van der Waals surface area contributed by atoms with Crippen molar-refractivity contribution in [2.75, 3.05) is 19.5 Å². The topological polar surface area (TPSA) is 35.5 Å². The lowest BCUT2D eigenvalue weighted by atomic mass is 10.2. The molecule has 0 atom stereocenters. The number of carbonyl (C=O) groups excluding carboxylic acids is 1. The molecule has 15 heavy (non-hydrogen) atoms. The van der Waals surface area contributed by atoms with Crippen LogP contribution in [0, 0.1) is 0 Å². The van der Waals surface area contributed by atoms with E-state index in [1.165, 1.54) is 7.11 Å². The number of carbonyl (C=O) groups is 1. The molecule has 0 saturated heterocycles. The Morgan fingerprint density at radius 3 is 3.00 bits per heavy atom. The lowest BCUT2D eigenvalue weighted by Gasteiger charge is -2.05. The summed E-state index contributed by atoms with van der Waals surface area (Å²) in [6.45, 7) is 0.637. The molecule has 0 aliphatic carbocycles. The SMILES string of the molecule is COC(=O)c1cccc(OCCSI)c1. The number of esters is 1. The van der Waals surface area contributed by atoms with E-state index in [0.717, 1.165) is 5.75 Å². The van der Waals surface area contributed by atoms with Crippen LogP contribution < -0.4 is 4.74 Å². The second kappa shape index (κ2) is 6.95. The molecule has 0 aromatic heterocycles. The van der Waals surface area contributed by atoms with E-state index < -0.39 is 0 Å². The van der Waals surface area contributed by atoms with Gasteiger partial charge in [-0.1, -0.05) is 15.0 Å². The van der Waals surface area contributed by atoms with Gasteiger partial charge in [0.15, 0.2) is 0 Å². The van der Waals surface area contributed by atoms with E-state index in [2.05, 4.69) is 25.9 Å². The molecule has 82 valence electrons. The molecular weight excluding hydrogens is 327 g/mol. The van der Waals surface area contributed by atoms with Crippen molar-refractivity contribution in [2.45, 2.75) is 0 Å². The molecule has 1 rings (SSSR count). The average molecular weight is 338 g/mol. The second-order valence-corrected chi connectivity index (χ2v) is 5.18. The molecule has 0 fully saturated rings. The largest absolute Gasteiger partial charge is 0.493 e. The molecule has 0 amide bonds. The maximum Gasteiger partial charge on any atom is 0.337 e. The zero-order valence-corrected chi connectivity index (χ0v) is 11.2. The van der Waals surface area contributed by atoms with Crippen LogP contribution >= 0.6 is 30.1 Å². The lowest BCUT2D eigenvalue weighted by molar-refractivity contribution is 0.0600. The van der Waals surface area contributed by atoms with Gasteiger partial charge in [0.05, 0.1) is 19.3 Å².